The lowest BCUT2D eigenvalue weighted by molar-refractivity contribution is -0.130. The van der Waals surface area contributed by atoms with Crippen LogP contribution in [0, 0.1) is 5.82 Å². The first-order valence-electron chi connectivity index (χ1n) is 6.98. The normalized spacial score (nSPS) is 15.6. The second-order valence-electron chi connectivity index (χ2n) is 5.09. The van der Waals surface area contributed by atoms with Crippen molar-refractivity contribution in [2.24, 2.45) is 0 Å². The van der Waals surface area contributed by atoms with E-state index in [1.165, 1.54) is 18.2 Å². The molecule has 6 heteroatoms. The van der Waals surface area contributed by atoms with Crippen molar-refractivity contribution in [3.05, 3.63) is 30.1 Å². The van der Waals surface area contributed by atoms with Crippen LogP contribution in [0.2, 0.25) is 0 Å². The van der Waals surface area contributed by atoms with Crippen LogP contribution in [0.5, 0.6) is 5.75 Å². The van der Waals surface area contributed by atoms with Crippen molar-refractivity contribution >= 4 is 11.8 Å². The molecule has 21 heavy (non-hydrogen) atoms. The van der Waals surface area contributed by atoms with Crippen LogP contribution in [-0.2, 0) is 9.59 Å². The highest BCUT2D eigenvalue weighted by atomic mass is 19.1. The number of benzene rings is 1. The molecule has 0 aliphatic carbocycles. The topological polar surface area (TPSA) is 58.6 Å². The van der Waals surface area contributed by atoms with Gasteiger partial charge in [-0.05, 0) is 25.0 Å². The fraction of sp³-hybridized carbons (Fsp3) is 0.467. The maximum atomic E-state index is 13.0. The van der Waals surface area contributed by atoms with E-state index in [0.717, 1.165) is 12.8 Å². The zero-order valence-electron chi connectivity index (χ0n) is 12.0. The minimum absolute atomic E-state index is 0.0595. The van der Waals surface area contributed by atoms with Crippen LogP contribution in [0.15, 0.2) is 24.3 Å². The molecule has 5 nitrogen and oxygen atoms in total. The second kappa shape index (κ2) is 7.06. The Bertz CT molecular complexity index is 513. The van der Waals surface area contributed by atoms with Gasteiger partial charge < -0.3 is 15.0 Å². The molecule has 0 unspecified atom stereocenters. The first-order valence-corrected chi connectivity index (χ1v) is 6.98. The molecule has 0 bridgehead atoms. The molecule has 1 heterocycles. The van der Waals surface area contributed by atoms with Gasteiger partial charge in [0, 0.05) is 32.1 Å². The summed E-state index contributed by atoms with van der Waals surface area (Å²) in [5.74, 6) is -0.240. The summed E-state index contributed by atoms with van der Waals surface area (Å²) in [6.45, 7) is 2.72. The largest absolute Gasteiger partial charge is 0.484 e. The van der Waals surface area contributed by atoms with Crippen LogP contribution in [-0.4, -0.2) is 42.5 Å². The molecule has 1 saturated heterocycles. The Morgan fingerprint density at radius 3 is 2.71 bits per heavy atom. The Kier molecular flexibility index (Phi) is 5.14. The van der Waals surface area contributed by atoms with Crippen LogP contribution < -0.4 is 10.1 Å². The van der Waals surface area contributed by atoms with Gasteiger partial charge in [-0.3, -0.25) is 9.59 Å². The minimum Gasteiger partial charge on any atom is -0.484 e. The van der Waals surface area contributed by atoms with Gasteiger partial charge in [0.15, 0.2) is 6.61 Å². The van der Waals surface area contributed by atoms with Crippen molar-refractivity contribution in [3.63, 3.8) is 0 Å². The van der Waals surface area contributed by atoms with Crippen LogP contribution in [0.4, 0.5) is 4.39 Å². The number of rotatable bonds is 4. The van der Waals surface area contributed by atoms with Crippen molar-refractivity contribution in [1.29, 1.82) is 0 Å². The zero-order valence-corrected chi connectivity index (χ0v) is 12.0. The summed E-state index contributed by atoms with van der Waals surface area (Å²) in [7, 11) is 0. The Hall–Kier alpha value is -2.11. The molecule has 1 aromatic carbocycles. The quantitative estimate of drug-likeness (QED) is 0.911. The Labute approximate surface area is 123 Å². The summed E-state index contributed by atoms with van der Waals surface area (Å²) >= 11 is 0. The standard InChI is InChI=1S/C15H19FN2O3/c1-11(19)18-7-5-13(6-8-18)17-15(20)10-21-14-4-2-3-12(16)9-14/h2-4,9,13H,5-8,10H2,1H3,(H,17,20). The number of piperidine rings is 1. The van der Waals surface area contributed by atoms with Crippen LogP contribution in [0.1, 0.15) is 19.8 Å². The molecule has 2 amide bonds. The molecular formula is C15H19FN2O3. The van der Waals surface area contributed by atoms with E-state index in [1.807, 2.05) is 0 Å². The fourth-order valence-corrected chi connectivity index (χ4v) is 2.31. The number of nitrogens with zero attached hydrogens (tertiary/aromatic N) is 1. The number of halogens is 1. The average molecular weight is 294 g/mol. The lowest BCUT2D eigenvalue weighted by Crippen LogP contribution is -2.47. The first-order chi connectivity index (χ1) is 10.0. The van der Waals surface area contributed by atoms with Gasteiger partial charge in [0.1, 0.15) is 11.6 Å². The molecule has 2 rings (SSSR count). The van der Waals surface area contributed by atoms with Gasteiger partial charge in [-0.15, -0.1) is 0 Å². The number of amides is 2. The number of likely N-dealkylation sites (tertiary alicyclic amines) is 1. The highest BCUT2D eigenvalue weighted by molar-refractivity contribution is 5.78. The summed E-state index contributed by atoms with van der Waals surface area (Å²) in [6.07, 6.45) is 1.48. The SMILES string of the molecule is CC(=O)N1CCC(NC(=O)COc2cccc(F)c2)CC1. The molecule has 0 saturated carbocycles. The molecule has 0 aromatic heterocycles. The molecule has 114 valence electrons. The molecule has 0 spiro atoms. The molecule has 1 aliphatic rings. The van der Waals surface area contributed by atoms with Gasteiger partial charge in [0.2, 0.25) is 5.91 Å². The zero-order chi connectivity index (χ0) is 15.2. The van der Waals surface area contributed by atoms with E-state index in [2.05, 4.69) is 5.32 Å². The van der Waals surface area contributed by atoms with Gasteiger partial charge >= 0.3 is 0 Å². The van der Waals surface area contributed by atoms with E-state index in [-0.39, 0.29) is 24.5 Å². The predicted octanol–water partition coefficient (Wildman–Crippen LogP) is 1.33. The van der Waals surface area contributed by atoms with Crippen molar-refractivity contribution in [2.45, 2.75) is 25.8 Å². The van der Waals surface area contributed by atoms with Crippen molar-refractivity contribution in [3.8, 4) is 5.75 Å². The van der Waals surface area contributed by atoms with Crippen molar-refractivity contribution in [2.75, 3.05) is 19.7 Å². The maximum absolute atomic E-state index is 13.0. The number of ether oxygens (including phenoxy) is 1. The van der Waals surface area contributed by atoms with Gasteiger partial charge in [-0.25, -0.2) is 4.39 Å². The Balaban J connectivity index is 1.72. The predicted molar refractivity (Wildman–Crippen MR) is 75.3 cm³/mol. The highest BCUT2D eigenvalue weighted by Gasteiger charge is 2.21. The van der Waals surface area contributed by atoms with E-state index in [1.54, 1.807) is 17.9 Å². The van der Waals surface area contributed by atoms with Crippen LogP contribution in [0.3, 0.4) is 0 Å². The lowest BCUT2D eigenvalue weighted by Gasteiger charge is -2.31. The molecule has 1 aromatic rings. The van der Waals surface area contributed by atoms with Gasteiger partial charge in [0.05, 0.1) is 0 Å². The van der Waals surface area contributed by atoms with E-state index in [9.17, 15) is 14.0 Å². The Morgan fingerprint density at radius 2 is 2.10 bits per heavy atom. The molecule has 0 radical (unpaired) electrons. The molecule has 1 N–H and O–H groups in total. The number of carbonyl (C=O) groups excluding carboxylic acids is 2. The average Bonchev–Trinajstić information content (AvgIpc) is 2.46. The summed E-state index contributed by atoms with van der Waals surface area (Å²) in [5.41, 5.74) is 0. The van der Waals surface area contributed by atoms with E-state index in [4.69, 9.17) is 4.74 Å². The van der Waals surface area contributed by atoms with Crippen molar-refractivity contribution in [1.82, 2.24) is 10.2 Å². The first kappa shape index (κ1) is 15.3. The lowest BCUT2D eigenvalue weighted by atomic mass is 10.1. The van der Waals surface area contributed by atoms with E-state index < -0.39 is 5.82 Å². The summed E-state index contributed by atoms with van der Waals surface area (Å²) in [5, 5.41) is 2.87. The monoisotopic (exact) mass is 294 g/mol. The van der Waals surface area contributed by atoms with Crippen molar-refractivity contribution < 1.29 is 18.7 Å². The van der Waals surface area contributed by atoms with E-state index in [0.29, 0.717) is 18.8 Å². The molecule has 0 atom stereocenters. The maximum Gasteiger partial charge on any atom is 0.258 e. The third kappa shape index (κ3) is 4.73. The molecular weight excluding hydrogens is 275 g/mol. The second-order valence-corrected chi connectivity index (χ2v) is 5.09. The van der Waals surface area contributed by atoms with Gasteiger partial charge in [0.25, 0.3) is 5.91 Å². The van der Waals surface area contributed by atoms with Crippen LogP contribution >= 0.6 is 0 Å². The number of nitrogens with one attached hydrogen (secondary N) is 1. The summed E-state index contributed by atoms with van der Waals surface area (Å²) in [4.78, 5) is 24.7. The third-order valence-corrected chi connectivity index (χ3v) is 3.47. The summed E-state index contributed by atoms with van der Waals surface area (Å²) < 4.78 is 18.2. The third-order valence-electron chi connectivity index (χ3n) is 3.47. The number of hydrogen-bond acceptors (Lipinski definition) is 3. The van der Waals surface area contributed by atoms with Gasteiger partial charge in [-0.2, -0.15) is 0 Å². The molecule has 1 aliphatic heterocycles. The molecule has 1 fully saturated rings. The highest BCUT2D eigenvalue weighted by Crippen LogP contribution is 2.12. The van der Waals surface area contributed by atoms with Crippen LogP contribution in [0.25, 0.3) is 0 Å². The van der Waals surface area contributed by atoms with Gasteiger partial charge in [-0.1, -0.05) is 6.07 Å². The minimum atomic E-state index is -0.399. The fourth-order valence-electron chi connectivity index (χ4n) is 2.31. The smallest absolute Gasteiger partial charge is 0.258 e. The number of carbonyl (C=O) groups is 2. The summed E-state index contributed by atoms with van der Waals surface area (Å²) in [6, 6.07) is 5.74. The Morgan fingerprint density at radius 1 is 1.38 bits per heavy atom. The van der Waals surface area contributed by atoms with E-state index >= 15 is 0 Å². The number of hydrogen-bond donors (Lipinski definition) is 1.